The highest BCUT2D eigenvalue weighted by atomic mass is 16.5. The van der Waals surface area contributed by atoms with E-state index in [1.807, 2.05) is 0 Å². The lowest BCUT2D eigenvalue weighted by molar-refractivity contribution is 0.260. The summed E-state index contributed by atoms with van der Waals surface area (Å²) in [6.07, 6.45) is 10.1. The van der Waals surface area contributed by atoms with E-state index in [1.165, 1.54) is 6.42 Å². The molecule has 62 valence electrons. The van der Waals surface area contributed by atoms with Gasteiger partial charge in [-0.05, 0) is 31.8 Å². The molecule has 0 aliphatic heterocycles. The van der Waals surface area contributed by atoms with Crippen LogP contribution in [0.15, 0.2) is 24.0 Å². The molecule has 1 unspecified atom stereocenters. The van der Waals surface area contributed by atoms with E-state index in [1.54, 1.807) is 7.11 Å². The Kier molecular flexibility index (Phi) is 3.21. The fraction of sp³-hybridized carbons (Fsp3) is 0.600. The second kappa shape index (κ2) is 4.22. The maximum absolute atomic E-state index is 5.15. The van der Waals surface area contributed by atoms with Crippen molar-refractivity contribution in [1.29, 1.82) is 0 Å². The van der Waals surface area contributed by atoms with E-state index in [0.29, 0.717) is 0 Å². The molecule has 1 rings (SSSR count). The van der Waals surface area contributed by atoms with Crippen molar-refractivity contribution in [2.75, 3.05) is 7.11 Å². The molecule has 0 saturated heterocycles. The highest BCUT2D eigenvalue weighted by Gasteiger charge is 2.10. The number of hydrogen-bond acceptors (Lipinski definition) is 1. The largest absolute Gasteiger partial charge is 0.501 e. The van der Waals surface area contributed by atoms with Gasteiger partial charge in [0.1, 0.15) is 0 Å². The average Bonchev–Trinajstić information content (AvgIpc) is 2.07. The normalized spacial score (nSPS) is 25.3. The third kappa shape index (κ3) is 2.41. The summed E-state index contributed by atoms with van der Waals surface area (Å²) >= 11 is 0. The summed E-state index contributed by atoms with van der Waals surface area (Å²) in [7, 11) is 1.75. The summed E-state index contributed by atoms with van der Waals surface area (Å²) in [5.41, 5.74) is 0. The van der Waals surface area contributed by atoms with Gasteiger partial charge in [-0.25, -0.2) is 0 Å². The van der Waals surface area contributed by atoms with Crippen molar-refractivity contribution in [1.82, 2.24) is 0 Å². The van der Waals surface area contributed by atoms with E-state index in [2.05, 4.69) is 25.2 Å². The van der Waals surface area contributed by atoms with Gasteiger partial charge in [-0.15, -0.1) is 0 Å². The quantitative estimate of drug-likeness (QED) is 0.553. The van der Waals surface area contributed by atoms with Crippen LogP contribution in [0, 0.1) is 5.92 Å². The number of hydrogen-bond donors (Lipinski definition) is 0. The summed E-state index contributed by atoms with van der Waals surface area (Å²) in [6, 6.07) is 0. The Morgan fingerprint density at radius 1 is 1.64 bits per heavy atom. The lowest BCUT2D eigenvalue weighted by Gasteiger charge is -2.17. The fourth-order valence-electron chi connectivity index (χ4n) is 1.46. The summed E-state index contributed by atoms with van der Waals surface area (Å²) in [6.45, 7) is 2.08. The number of allylic oxidation sites excluding steroid dienone is 4. The van der Waals surface area contributed by atoms with Gasteiger partial charge in [-0.3, -0.25) is 0 Å². The van der Waals surface area contributed by atoms with E-state index in [-0.39, 0.29) is 0 Å². The minimum Gasteiger partial charge on any atom is -0.501 e. The van der Waals surface area contributed by atoms with Gasteiger partial charge in [-0.2, -0.15) is 0 Å². The molecule has 0 aromatic rings. The average molecular weight is 152 g/mol. The first-order chi connectivity index (χ1) is 5.36. The topological polar surface area (TPSA) is 9.23 Å². The zero-order valence-corrected chi connectivity index (χ0v) is 7.34. The van der Waals surface area contributed by atoms with Crippen LogP contribution < -0.4 is 0 Å². The van der Waals surface area contributed by atoms with Gasteiger partial charge < -0.3 is 4.74 Å². The maximum atomic E-state index is 5.15. The van der Waals surface area contributed by atoms with Crippen LogP contribution in [0.5, 0.6) is 0 Å². The Hall–Kier alpha value is -0.720. The van der Waals surface area contributed by atoms with E-state index in [4.69, 9.17) is 4.74 Å². The molecule has 0 N–H and O–H groups in total. The van der Waals surface area contributed by atoms with Crippen LogP contribution in [-0.4, -0.2) is 7.11 Å². The molecule has 1 nitrogen and oxygen atoms in total. The van der Waals surface area contributed by atoms with Crippen LogP contribution in [0.2, 0.25) is 0 Å². The standard InChI is InChI=1S/C10H16O/c1-3-4-9-5-7-10(11-2)8-6-9/h3-4,7,9H,5-6,8H2,1-2H3. The van der Waals surface area contributed by atoms with Crippen molar-refractivity contribution in [2.45, 2.75) is 26.2 Å². The third-order valence-corrected chi connectivity index (χ3v) is 2.14. The van der Waals surface area contributed by atoms with Gasteiger partial charge in [0.15, 0.2) is 0 Å². The number of methoxy groups -OCH3 is 1. The summed E-state index contributed by atoms with van der Waals surface area (Å²) in [4.78, 5) is 0. The zero-order valence-electron chi connectivity index (χ0n) is 7.34. The van der Waals surface area contributed by atoms with Crippen LogP contribution >= 0.6 is 0 Å². The van der Waals surface area contributed by atoms with Crippen LogP contribution in [0.3, 0.4) is 0 Å². The Balaban J connectivity index is 2.41. The minimum absolute atomic E-state index is 0.749. The molecule has 11 heavy (non-hydrogen) atoms. The Morgan fingerprint density at radius 2 is 2.45 bits per heavy atom. The lowest BCUT2D eigenvalue weighted by Crippen LogP contribution is -2.03. The molecule has 1 aliphatic rings. The second-order valence-electron chi connectivity index (χ2n) is 2.93. The monoisotopic (exact) mass is 152 g/mol. The first kappa shape index (κ1) is 8.38. The summed E-state index contributed by atoms with van der Waals surface area (Å²) in [5, 5.41) is 0. The maximum Gasteiger partial charge on any atom is 0.0916 e. The van der Waals surface area contributed by atoms with Crippen LogP contribution in [0.1, 0.15) is 26.2 Å². The van der Waals surface area contributed by atoms with Gasteiger partial charge in [0, 0.05) is 6.42 Å². The summed E-state index contributed by atoms with van der Waals surface area (Å²) in [5.74, 6) is 1.91. The molecule has 0 aromatic heterocycles. The van der Waals surface area contributed by atoms with Crippen molar-refractivity contribution >= 4 is 0 Å². The highest BCUT2D eigenvalue weighted by Crippen LogP contribution is 2.24. The molecule has 0 fully saturated rings. The van der Waals surface area contributed by atoms with Crippen LogP contribution in [0.4, 0.5) is 0 Å². The molecule has 0 spiro atoms. The molecular formula is C10H16O. The number of ether oxygens (including phenoxy) is 1. The van der Waals surface area contributed by atoms with Crippen molar-refractivity contribution in [3.63, 3.8) is 0 Å². The lowest BCUT2D eigenvalue weighted by atomic mass is 9.93. The molecule has 0 heterocycles. The van der Waals surface area contributed by atoms with Crippen molar-refractivity contribution in [3.05, 3.63) is 24.0 Å². The predicted molar refractivity (Wildman–Crippen MR) is 47.2 cm³/mol. The molecule has 1 heteroatoms. The Bertz CT molecular complexity index is 168. The first-order valence-electron chi connectivity index (χ1n) is 4.22. The van der Waals surface area contributed by atoms with Crippen molar-refractivity contribution in [3.8, 4) is 0 Å². The van der Waals surface area contributed by atoms with Gasteiger partial charge in [0.25, 0.3) is 0 Å². The van der Waals surface area contributed by atoms with Gasteiger partial charge in [-0.1, -0.05) is 12.2 Å². The molecule has 0 aromatic carbocycles. The minimum atomic E-state index is 0.749. The molecule has 0 amide bonds. The smallest absolute Gasteiger partial charge is 0.0916 e. The van der Waals surface area contributed by atoms with E-state index in [9.17, 15) is 0 Å². The number of rotatable bonds is 2. The molecule has 0 radical (unpaired) electrons. The van der Waals surface area contributed by atoms with Crippen LogP contribution in [-0.2, 0) is 4.74 Å². The molecule has 1 aliphatic carbocycles. The van der Waals surface area contributed by atoms with Crippen molar-refractivity contribution in [2.24, 2.45) is 5.92 Å². The third-order valence-electron chi connectivity index (χ3n) is 2.14. The van der Waals surface area contributed by atoms with Crippen LogP contribution in [0.25, 0.3) is 0 Å². The van der Waals surface area contributed by atoms with Gasteiger partial charge >= 0.3 is 0 Å². The Labute approximate surface area is 68.8 Å². The van der Waals surface area contributed by atoms with E-state index in [0.717, 1.165) is 24.5 Å². The van der Waals surface area contributed by atoms with Gasteiger partial charge in [0.2, 0.25) is 0 Å². The highest BCUT2D eigenvalue weighted by molar-refractivity contribution is 5.03. The molecular weight excluding hydrogens is 136 g/mol. The molecule has 1 atom stereocenters. The summed E-state index contributed by atoms with van der Waals surface area (Å²) < 4.78 is 5.15. The first-order valence-corrected chi connectivity index (χ1v) is 4.22. The van der Waals surface area contributed by atoms with Gasteiger partial charge in [0.05, 0.1) is 12.9 Å². The second-order valence-corrected chi connectivity index (χ2v) is 2.93. The predicted octanol–water partition coefficient (Wildman–Crippen LogP) is 2.89. The molecule has 0 bridgehead atoms. The Morgan fingerprint density at radius 3 is 2.91 bits per heavy atom. The van der Waals surface area contributed by atoms with E-state index < -0.39 is 0 Å². The van der Waals surface area contributed by atoms with E-state index >= 15 is 0 Å². The molecule has 0 saturated carbocycles. The van der Waals surface area contributed by atoms with Crippen molar-refractivity contribution < 1.29 is 4.74 Å². The fourth-order valence-corrected chi connectivity index (χ4v) is 1.46. The SMILES string of the molecule is CC=CC1CC=C(OC)CC1. The zero-order chi connectivity index (χ0) is 8.10.